The summed E-state index contributed by atoms with van der Waals surface area (Å²) in [5, 5.41) is 0. The van der Waals surface area contributed by atoms with Gasteiger partial charge in [0.05, 0.1) is 12.6 Å². The summed E-state index contributed by atoms with van der Waals surface area (Å²) in [4.78, 5) is 13.2. The average molecular weight is 183 g/mol. The topological polar surface area (TPSA) is 29.5 Å². The lowest BCUT2D eigenvalue weighted by Crippen LogP contribution is -2.25. The maximum absolute atomic E-state index is 11.0. The highest BCUT2D eigenvalue weighted by Crippen LogP contribution is 2.16. The molecule has 0 aliphatic carbocycles. The van der Waals surface area contributed by atoms with E-state index >= 15 is 0 Å². The Kier molecular flexibility index (Phi) is 2.96. The van der Waals surface area contributed by atoms with E-state index in [2.05, 4.69) is 4.90 Å². The lowest BCUT2D eigenvalue weighted by molar-refractivity contribution is -0.116. The Balaban J connectivity index is 1.64. The molecule has 2 aliphatic heterocycles. The number of rotatable bonds is 3. The molecule has 2 aliphatic rings. The van der Waals surface area contributed by atoms with Gasteiger partial charge in [-0.05, 0) is 19.3 Å². The minimum Gasteiger partial charge on any atom is -0.378 e. The Morgan fingerprint density at radius 1 is 1.54 bits per heavy atom. The third-order valence-corrected chi connectivity index (χ3v) is 2.90. The Morgan fingerprint density at radius 3 is 3.08 bits per heavy atom. The van der Waals surface area contributed by atoms with Crippen molar-refractivity contribution in [2.45, 2.75) is 31.8 Å². The van der Waals surface area contributed by atoms with Crippen molar-refractivity contribution < 1.29 is 9.53 Å². The fourth-order valence-corrected chi connectivity index (χ4v) is 2.08. The fraction of sp³-hybridized carbons (Fsp3) is 0.900. The molecular formula is C10H17NO2. The van der Waals surface area contributed by atoms with Crippen molar-refractivity contribution in [3.8, 4) is 0 Å². The van der Waals surface area contributed by atoms with Crippen molar-refractivity contribution in [1.29, 1.82) is 0 Å². The van der Waals surface area contributed by atoms with Gasteiger partial charge in [0.15, 0.2) is 0 Å². The maximum atomic E-state index is 11.0. The van der Waals surface area contributed by atoms with Crippen LogP contribution in [0, 0.1) is 0 Å². The minimum atomic E-state index is 0.396. The molecule has 0 bridgehead atoms. The molecule has 0 aromatic carbocycles. The van der Waals surface area contributed by atoms with Crippen molar-refractivity contribution in [2.75, 3.05) is 26.2 Å². The van der Waals surface area contributed by atoms with E-state index in [9.17, 15) is 4.79 Å². The number of ether oxygens (including phenoxy) is 1. The minimum absolute atomic E-state index is 0.396. The predicted molar refractivity (Wildman–Crippen MR) is 49.7 cm³/mol. The van der Waals surface area contributed by atoms with E-state index in [0.29, 0.717) is 18.4 Å². The third-order valence-electron chi connectivity index (χ3n) is 2.90. The molecule has 2 saturated heterocycles. The first-order chi connectivity index (χ1) is 6.34. The van der Waals surface area contributed by atoms with Crippen LogP contribution in [0.2, 0.25) is 0 Å². The first-order valence-corrected chi connectivity index (χ1v) is 5.20. The molecule has 1 unspecified atom stereocenters. The van der Waals surface area contributed by atoms with Crippen LogP contribution < -0.4 is 0 Å². The molecule has 1 atom stereocenters. The van der Waals surface area contributed by atoms with E-state index < -0.39 is 0 Å². The van der Waals surface area contributed by atoms with Crippen LogP contribution in [-0.2, 0) is 9.53 Å². The van der Waals surface area contributed by atoms with E-state index in [4.69, 9.17) is 4.74 Å². The van der Waals surface area contributed by atoms with Gasteiger partial charge in [0.25, 0.3) is 0 Å². The van der Waals surface area contributed by atoms with Gasteiger partial charge >= 0.3 is 0 Å². The van der Waals surface area contributed by atoms with Crippen molar-refractivity contribution in [3.63, 3.8) is 0 Å². The van der Waals surface area contributed by atoms with Crippen LogP contribution in [0.5, 0.6) is 0 Å². The van der Waals surface area contributed by atoms with Gasteiger partial charge in [-0.2, -0.15) is 0 Å². The number of likely N-dealkylation sites (tertiary alicyclic amines) is 1. The van der Waals surface area contributed by atoms with Gasteiger partial charge in [-0.15, -0.1) is 0 Å². The molecule has 0 radical (unpaired) electrons. The molecule has 3 heteroatoms. The molecule has 74 valence electrons. The van der Waals surface area contributed by atoms with Crippen LogP contribution >= 0.6 is 0 Å². The lowest BCUT2D eigenvalue weighted by Gasteiger charge is -2.16. The molecule has 0 aromatic heterocycles. The van der Waals surface area contributed by atoms with Gasteiger partial charge in [-0.1, -0.05) is 0 Å². The van der Waals surface area contributed by atoms with Crippen molar-refractivity contribution >= 4 is 5.78 Å². The zero-order valence-corrected chi connectivity index (χ0v) is 8.00. The van der Waals surface area contributed by atoms with Gasteiger partial charge in [-0.25, -0.2) is 0 Å². The summed E-state index contributed by atoms with van der Waals surface area (Å²) in [6.07, 6.45) is 4.75. The van der Waals surface area contributed by atoms with E-state index in [1.807, 2.05) is 0 Å². The smallest absolute Gasteiger partial charge is 0.148 e. The number of carbonyl (C=O) groups excluding carboxylic acids is 1. The van der Waals surface area contributed by atoms with Gasteiger partial charge in [-0.3, -0.25) is 9.69 Å². The second kappa shape index (κ2) is 4.20. The zero-order chi connectivity index (χ0) is 9.10. The van der Waals surface area contributed by atoms with Gasteiger partial charge in [0, 0.05) is 26.1 Å². The molecule has 0 saturated carbocycles. The molecule has 13 heavy (non-hydrogen) atoms. The molecule has 0 amide bonds. The van der Waals surface area contributed by atoms with Crippen LogP contribution in [0.4, 0.5) is 0 Å². The van der Waals surface area contributed by atoms with Crippen molar-refractivity contribution in [2.24, 2.45) is 0 Å². The number of hydrogen-bond acceptors (Lipinski definition) is 3. The quantitative estimate of drug-likeness (QED) is 0.649. The highest BCUT2D eigenvalue weighted by atomic mass is 16.5. The number of hydrogen-bond donors (Lipinski definition) is 0. The second-order valence-corrected chi connectivity index (χ2v) is 3.99. The molecule has 0 spiro atoms. The third kappa shape index (κ3) is 2.51. The standard InChI is InChI=1S/C10H17NO2/c12-9-3-5-11(8-9)6-4-10-2-1-7-13-10/h10H,1-8H2. The largest absolute Gasteiger partial charge is 0.378 e. The Hall–Kier alpha value is -0.410. The van der Waals surface area contributed by atoms with Crippen LogP contribution in [0.1, 0.15) is 25.7 Å². The van der Waals surface area contributed by atoms with Crippen LogP contribution in [0.3, 0.4) is 0 Å². The maximum Gasteiger partial charge on any atom is 0.148 e. The number of nitrogens with zero attached hydrogens (tertiary/aromatic N) is 1. The first kappa shape index (κ1) is 9.16. The van der Waals surface area contributed by atoms with Crippen LogP contribution in [0.15, 0.2) is 0 Å². The fourth-order valence-electron chi connectivity index (χ4n) is 2.08. The molecular weight excluding hydrogens is 166 g/mol. The monoisotopic (exact) mass is 183 g/mol. The molecule has 0 aromatic rings. The lowest BCUT2D eigenvalue weighted by atomic mass is 10.2. The van der Waals surface area contributed by atoms with Gasteiger partial charge in [0.1, 0.15) is 5.78 Å². The average Bonchev–Trinajstić information content (AvgIpc) is 2.71. The Labute approximate surface area is 79.0 Å². The summed E-state index contributed by atoms with van der Waals surface area (Å²) in [6, 6.07) is 0. The highest BCUT2D eigenvalue weighted by Gasteiger charge is 2.21. The summed E-state index contributed by atoms with van der Waals surface area (Å²) in [5.74, 6) is 0.396. The summed E-state index contributed by atoms with van der Waals surface area (Å²) in [7, 11) is 0. The second-order valence-electron chi connectivity index (χ2n) is 3.99. The van der Waals surface area contributed by atoms with Crippen molar-refractivity contribution in [3.05, 3.63) is 0 Å². The number of Topliss-reactive ketones (excluding diaryl/α,β-unsaturated/α-hetero) is 1. The number of ketones is 1. The van der Waals surface area contributed by atoms with Crippen LogP contribution in [0.25, 0.3) is 0 Å². The molecule has 2 heterocycles. The number of carbonyl (C=O) groups is 1. The molecule has 2 rings (SSSR count). The molecule has 2 fully saturated rings. The van der Waals surface area contributed by atoms with E-state index in [0.717, 1.165) is 32.5 Å². The zero-order valence-electron chi connectivity index (χ0n) is 8.00. The Morgan fingerprint density at radius 2 is 2.46 bits per heavy atom. The summed E-state index contributed by atoms with van der Waals surface area (Å²) in [5.41, 5.74) is 0. The van der Waals surface area contributed by atoms with E-state index in [1.54, 1.807) is 0 Å². The van der Waals surface area contributed by atoms with E-state index in [1.165, 1.54) is 12.8 Å². The molecule has 0 N–H and O–H groups in total. The highest BCUT2D eigenvalue weighted by molar-refractivity contribution is 5.82. The van der Waals surface area contributed by atoms with Crippen molar-refractivity contribution in [1.82, 2.24) is 4.90 Å². The first-order valence-electron chi connectivity index (χ1n) is 5.20. The summed E-state index contributed by atoms with van der Waals surface area (Å²) >= 11 is 0. The summed E-state index contributed by atoms with van der Waals surface area (Å²) < 4.78 is 5.53. The molecule has 3 nitrogen and oxygen atoms in total. The van der Waals surface area contributed by atoms with E-state index in [-0.39, 0.29) is 0 Å². The summed E-state index contributed by atoms with van der Waals surface area (Å²) in [6.45, 7) is 3.61. The van der Waals surface area contributed by atoms with Gasteiger partial charge in [0.2, 0.25) is 0 Å². The SMILES string of the molecule is O=C1CCN(CCC2CCCO2)C1. The predicted octanol–water partition coefficient (Wildman–Crippen LogP) is 0.830. The van der Waals surface area contributed by atoms with Crippen LogP contribution in [-0.4, -0.2) is 43.0 Å². The Bertz CT molecular complexity index is 187. The van der Waals surface area contributed by atoms with Gasteiger partial charge < -0.3 is 4.74 Å². The normalized spacial score (nSPS) is 30.2.